The summed E-state index contributed by atoms with van der Waals surface area (Å²) in [5.74, 6) is 0. The van der Waals surface area contributed by atoms with Gasteiger partial charge in [-0.05, 0) is 33.8 Å². The zero-order valence-corrected chi connectivity index (χ0v) is 12.7. The predicted octanol–water partition coefficient (Wildman–Crippen LogP) is 3.80. The Hall–Kier alpha value is -0.110. The summed E-state index contributed by atoms with van der Waals surface area (Å²) >= 11 is 4.97. The lowest BCUT2D eigenvalue weighted by molar-refractivity contribution is -0.138. The number of alkyl halides is 3. The standard InChI is InChI=1S/C12H16BrF3N2S/c13-9-2-8-19-11(9)10(1-3-12(14,15)16)18-6-4-17-5-7-18/h2,8,10,17H,1,3-7H2/t10-/m0/s1. The van der Waals surface area contributed by atoms with Crippen LogP contribution in [-0.2, 0) is 0 Å². The number of nitrogens with one attached hydrogen (secondary N) is 1. The minimum Gasteiger partial charge on any atom is -0.314 e. The van der Waals surface area contributed by atoms with Crippen molar-refractivity contribution in [1.29, 1.82) is 0 Å². The summed E-state index contributed by atoms with van der Waals surface area (Å²) < 4.78 is 38.4. The molecule has 1 aromatic heterocycles. The van der Waals surface area contributed by atoms with E-state index in [-0.39, 0.29) is 12.5 Å². The van der Waals surface area contributed by atoms with Crippen molar-refractivity contribution in [1.82, 2.24) is 10.2 Å². The quantitative estimate of drug-likeness (QED) is 0.882. The number of rotatable bonds is 4. The van der Waals surface area contributed by atoms with E-state index in [9.17, 15) is 13.2 Å². The first-order chi connectivity index (χ1) is 8.97. The Balaban J connectivity index is 2.10. The summed E-state index contributed by atoms with van der Waals surface area (Å²) in [5.41, 5.74) is 0. The molecule has 108 valence electrons. The van der Waals surface area contributed by atoms with E-state index in [1.165, 1.54) is 11.3 Å². The fourth-order valence-electron chi connectivity index (χ4n) is 2.32. The molecule has 19 heavy (non-hydrogen) atoms. The molecule has 0 aromatic carbocycles. The maximum Gasteiger partial charge on any atom is 0.389 e. The van der Waals surface area contributed by atoms with Crippen molar-refractivity contribution in [3.63, 3.8) is 0 Å². The van der Waals surface area contributed by atoms with Crippen LogP contribution in [0.3, 0.4) is 0 Å². The monoisotopic (exact) mass is 356 g/mol. The van der Waals surface area contributed by atoms with Gasteiger partial charge >= 0.3 is 6.18 Å². The molecule has 2 nitrogen and oxygen atoms in total. The van der Waals surface area contributed by atoms with Gasteiger partial charge in [-0.1, -0.05) is 0 Å². The van der Waals surface area contributed by atoms with Gasteiger partial charge in [0.2, 0.25) is 0 Å². The maximum atomic E-state index is 12.5. The van der Waals surface area contributed by atoms with Gasteiger partial charge in [-0.3, -0.25) is 4.90 Å². The molecule has 1 atom stereocenters. The van der Waals surface area contributed by atoms with Crippen LogP contribution in [0.5, 0.6) is 0 Å². The number of nitrogens with zero attached hydrogens (tertiary/aromatic N) is 1. The van der Waals surface area contributed by atoms with Crippen molar-refractivity contribution in [2.24, 2.45) is 0 Å². The molecule has 1 saturated heterocycles. The summed E-state index contributed by atoms with van der Waals surface area (Å²) in [4.78, 5) is 3.16. The van der Waals surface area contributed by atoms with Gasteiger partial charge in [0.15, 0.2) is 0 Å². The Labute approximate surface area is 123 Å². The van der Waals surface area contributed by atoms with Crippen molar-refractivity contribution in [2.45, 2.75) is 25.1 Å². The van der Waals surface area contributed by atoms with E-state index in [1.54, 1.807) is 0 Å². The minimum atomic E-state index is -4.09. The molecule has 2 heterocycles. The van der Waals surface area contributed by atoms with E-state index in [2.05, 4.69) is 26.1 Å². The first-order valence-corrected chi connectivity index (χ1v) is 7.89. The van der Waals surface area contributed by atoms with Crippen molar-refractivity contribution < 1.29 is 13.2 Å². The highest BCUT2D eigenvalue weighted by Crippen LogP contribution is 2.37. The smallest absolute Gasteiger partial charge is 0.314 e. The third-order valence-corrected chi connectivity index (χ3v) is 5.21. The summed E-state index contributed by atoms with van der Waals surface area (Å²) in [7, 11) is 0. The van der Waals surface area contributed by atoms with Gasteiger partial charge in [0.25, 0.3) is 0 Å². The van der Waals surface area contributed by atoms with Crippen molar-refractivity contribution >= 4 is 27.3 Å². The lowest BCUT2D eigenvalue weighted by Gasteiger charge is -2.35. The molecule has 0 amide bonds. The van der Waals surface area contributed by atoms with Crippen molar-refractivity contribution in [2.75, 3.05) is 26.2 Å². The van der Waals surface area contributed by atoms with Crippen LogP contribution >= 0.6 is 27.3 Å². The highest BCUT2D eigenvalue weighted by atomic mass is 79.9. The lowest BCUT2D eigenvalue weighted by atomic mass is 10.1. The Bertz CT molecular complexity index is 402. The van der Waals surface area contributed by atoms with E-state index in [4.69, 9.17) is 0 Å². The zero-order valence-electron chi connectivity index (χ0n) is 10.3. The highest BCUT2D eigenvalue weighted by Gasteiger charge is 2.32. The summed E-state index contributed by atoms with van der Waals surface area (Å²) in [6, 6.07) is 1.76. The topological polar surface area (TPSA) is 15.3 Å². The lowest BCUT2D eigenvalue weighted by Crippen LogP contribution is -2.45. The molecule has 0 spiro atoms. The Morgan fingerprint density at radius 2 is 2.05 bits per heavy atom. The fraction of sp³-hybridized carbons (Fsp3) is 0.667. The highest BCUT2D eigenvalue weighted by molar-refractivity contribution is 9.10. The normalized spacial score (nSPS) is 19.6. The van der Waals surface area contributed by atoms with Gasteiger partial charge in [-0.15, -0.1) is 11.3 Å². The molecule has 2 rings (SSSR count). The van der Waals surface area contributed by atoms with Crippen LogP contribution in [0.4, 0.5) is 13.2 Å². The van der Waals surface area contributed by atoms with E-state index < -0.39 is 12.6 Å². The average Bonchev–Trinajstić information content (AvgIpc) is 2.76. The SMILES string of the molecule is FC(F)(F)CC[C@@H](c1sccc1Br)N1CCNCC1. The van der Waals surface area contributed by atoms with Gasteiger partial charge in [0.05, 0.1) is 0 Å². The second kappa shape index (κ2) is 6.56. The molecule has 1 aromatic rings. The van der Waals surface area contributed by atoms with Crippen LogP contribution in [0, 0.1) is 0 Å². The molecule has 0 unspecified atom stereocenters. The zero-order chi connectivity index (χ0) is 13.9. The molecule has 7 heteroatoms. The van der Waals surface area contributed by atoms with E-state index >= 15 is 0 Å². The summed E-state index contributed by atoms with van der Waals surface area (Å²) in [6.45, 7) is 3.27. The van der Waals surface area contributed by atoms with Crippen LogP contribution < -0.4 is 5.32 Å². The van der Waals surface area contributed by atoms with E-state index in [0.717, 1.165) is 35.5 Å². The molecular formula is C12H16BrF3N2S. The Morgan fingerprint density at radius 1 is 1.37 bits per heavy atom. The molecule has 1 aliphatic rings. The maximum absolute atomic E-state index is 12.5. The van der Waals surface area contributed by atoms with Crippen LogP contribution in [0.1, 0.15) is 23.8 Å². The van der Waals surface area contributed by atoms with Crippen molar-refractivity contribution in [3.05, 3.63) is 20.8 Å². The van der Waals surface area contributed by atoms with Gasteiger partial charge in [-0.25, -0.2) is 0 Å². The molecule has 0 saturated carbocycles. The second-order valence-corrected chi connectivity index (χ2v) is 6.39. The molecule has 1 fully saturated rings. The fourth-order valence-corrected chi connectivity index (χ4v) is 4.12. The molecule has 1 N–H and O–H groups in total. The summed E-state index contributed by atoms with van der Waals surface area (Å²) in [6.07, 6.45) is -4.69. The molecule has 1 aliphatic heterocycles. The number of hydrogen-bond acceptors (Lipinski definition) is 3. The molecular weight excluding hydrogens is 341 g/mol. The number of hydrogen-bond donors (Lipinski definition) is 1. The number of thiophene rings is 1. The van der Waals surface area contributed by atoms with Crippen molar-refractivity contribution in [3.8, 4) is 0 Å². The number of piperazine rings is 1. The summed E-state index contributed by atoms with van der Waals surface area (Å²) in [5, 5.41) is 5.15. The van der Waals surface area contributed by atoms with Gasteiger partial charge in [-0.2, -0.15) is 13.2 Å². The van der Waals surface area contributed by atoms with Crippen LogP contribution in [-0.4, -0.2) is 37.3 Å². The van der Waals surface area contributed by atoms with Gasteiger partial charge in [0, 0.05) is 48.0 Å². The first-order valence-electron chi connectivity index (χ1n) is 6.22. The second-order valence-electron chi connectivity index (χ2n) is 4.59. The molecule has 0 aliphatic carbocycles. The minimum absolute atomic E-state index is 0.128. The van der Waals surface area contributed by atoms with Crippen LogP contribution in [0.25, 0.3) is 0 Å². The Morgan fingerprint density at radius 3 is 2.58 bits per heavy atom. The molecule has 0 radical (unpaired) electrons. The largest absolute Gasteiger partial charge is 0.389 e. The van der Waals surface area contributed by atoms with E-state index in [1.807, 2.05) is 11.4 Å². The van der Waals surface area contributed by atoms with Gasteiger partial charge in [0.1, 0.15) is 0 Å². The average molecular weight is 357 g/mol. The number of halogens is 4. The first kappa shape index (κ1) is 15.3. The van der Waals surface area contributed by atoms with Crippen LogP contribution in [0.2, 0.25) is 0 Å². The Kier molecular flexibility index (Phi) is 5.28. The predicted molar refractivity (Wildman–Crippen MR) is 74.5 cm³/mol. The third kappa shape index (κ3) is 4.44. The van der Waals surface area contributed by atoms with E-state index in [0.29, 0.717) is 0 Å². The molecule has 0 bridgehead atoms. The van der Waals surface area contributed by atoms with Crippen LogP contribution in [0.15, 0.2) is 15.9 Å². The van der Waals surface area contributed by atoms with Gasteiger partial charge < -0.3 is 5.32 Å². The third-order valence-electron chi connectivity index (χ3n) is 3.24.